The summed E-state index contributed by atoms with van der Waals surface area (Å²) >= 11 is 0. The molecule has 3 aromatic heterocycles. The molecule has 8 nitrogen and oxygen atoms in total. The average molecular weight is 325 g/mol. The van der Waals surface area contributed by atoms with Crippen LogP contribution in [0.2, 0.25) is 0 Å². The van der Waals surface area contributed by atoms with E-state index in [-0.39, 0.29) is 6.10 Å². The normalized spacial score (nSPS) is 17.6. The third-order valence-electron chi connectivity index (χ3n) is 4.28. The second kappa shape index (κ2) is 5.70. The zero-order chi connectivity index (χ0) is 16.7. The maximum atomic E-state index is 6.27. The van der Waals surface area contributed by atoms with E-state index in [1.807, 2.05) is 33.2 Å². The van der Waals surface area contributed by atoms with Crippen molar-refractivity contribution in [3.63, 3.8) is 0 Å². The molecule has 8 heteroatoms. The molecule has 24 heavy (non-hydrogen) atoms. The van der Waals surface area contributed by atoms with Crippen molar-refractivity contribution in [1.29, 1.82) is 0 Å². The Bertz CT molecular complexity index is 877. The van der Waals surface area contributed by atoms with Gasteiger partial charge in [-0.05, 0) is 20.8 Å². The van der Waals surface area contributed by atoms with Crippen LogP contribution in [0.15, 0.2) is 18.7 Å². The van der Waals surface area contributed by atoms with Crippen LogP contribution in [0.5, 0.6) is 5.75 Å². The number of rotatable bonds is 3. The lowest BCUT2D eigenvalue weighted by Crippen LogP contribution is -2.25. The number of ether oxygens (including phenoxy) is 1. The zero-order valence-corrected chi connectivity index (χ0v) is 14.0. The largest absolute Gasteiger partial charge is 0.485 e. The first-order valence-corrected chi connectivity index (χ1v) is 7.99. The van der Waals surface area contributed by atoms with Gasteiger partial charge in [0.1, 0.15) is 18.3 Å². The Morgan fingerprint density at radius 3 is 2.71 bits per heavy atom. The topological polar surface area (TPSA) is 81.3 Å². The first kappa shape index (κ1) is 14.8. The van der Waals surface area contributed by atoms with Crippen LogP contribution in [0.3, 0.4) is 0 Å². The minimum absolute atomic E-state index is 0.103. The highest BCUT2D eigenvalue weighted by molar-refractivity contribution is 5.44. The standard InChI is InChI=1S/C16H19N7O/c1-10-15(11(2)23-16(19-10)20-12(3)21-23)24-14-4-5-22(8-14)13-6-17-9-18-7-13/h6-7,9,14H,4-5,8H2,1-3H3/t14-/m1/s1. The molecule has 0 aliphatic carbocycles. The average Bonchev–Trinajstić information content (AvgIpc) is 3.19. The highest BCUT2D eigenvalue weighted by Gasteiger charge is 2.26. The number of hydrogen-bond acceptors (Lipinski definition) is 7. The molecule has 4 rings (SSSR count). The SMILES string of the molecule is Cc1nc2nc(C)c(O[C@@H]3CCN(c4cncnc4)C3)c(C)n2n1. The lowest BCUT2D eigenvalue weighted by Gasteiger charge is -2.19. The van der Waals surface area contributed by atoms with Crippen molar-refractivity contribution >= 4 is 11.5 Å². The molecule has 0 radical (unpaired) electrons. The number of nitrogens with zero attached hydrogens (tertiary/aromatic N) is 7. The molecule has 0 amide bonds. The zero-order valence-electron chi connectivity index (χ0n) is 14.0. The van der Waals surface area contributed by atoms with E-state index in [1.54, 1.807) is 10.8 Å². The fourth-order valence-electron chi connectivity index (χ4n) is 3.11. The lowest BCUT2D eigenvalue weighted by atomic mass is 10.3. The highest BCUT2D eigenvalue weighted by atomic mass is 16.5. The van der Waals surface area contributed by atoms with Crippen LogP contribution in [0.25, 0.3) is 5.78 Å². The van der Waals surface area contributed by atoms with Gasteiger partial charge in [-0.25, -0.2) is 15.0 Å². The summed E-state index contributed by atoms with van der Waals surface area (Å²) in [4.78, 5) is 19.2. The monoisotopic (exact) mass is 325 g/mol. The predicted molar refractivity (Wildman–Crippen MR) is 88.3 cm³/mol. The molecule has 0 unspecified atom stereocenters. The molecular weight excluding hydrogens is 306 g/mol. The number of hydrogen-bond donors (Lipinski definition) is 0. The van der Waals surface area contributed by atoms with E-state index < -0.39 is 0 Å². The molecule has 3 aromatic rings. The Morgan fingerprint density at radius 2 is 1.92 bits per heavy atom. The van der Waals surface area contributed by atoms with Crippen molar-refractivity contribution in [2.45, 2.75) is 33.3 Å². The van der Waals surface area contributed by atoms with Crippen LogP contribution in [0.4, 0.5) is 5.69 Å². The summed E-state index contributed by atoms with van der Waals surface area (Å²) in [6.07, 6.45) is 6.25. The summed E-state index contributed by atoms with van der Waals surface area (Å²) in [5.74, 6) is 2.12. The van der Waals surface area contributed by atoms with Gasteiger partial charge in [-0.15, -0.1) is 5.10 Å². The van der Waals surface area contributed by atoms with Crippen LogP contribution in [0, 0.1) is 20.8 Å². The summed E-state index contributed by atoms with van der Waals surface area (Å²) in [6.45, 7) is 7.53. The third kappa shape index (κ3) is 2.53. The van der Waals surface area contributed by atoms with E-state index in [9.17, 15) is 0 Å². The highest BCUT2D eigenvalue weighted by Crippen LogP contribution is 2.27. The number of aryl methyl sites for hydroxylation is 3. The van der Waals surface area contributed by atoms with Crippen molar-refractivity contribution in [2.24, 2.45) is 0 Å². The lowest BCUT2D eigenvalue weighted by molar-refractivity contribution is 0.219. The second-order valence-electron chi connectivity index (χ2n) is 6.05. The number of fused-ring (bicyclic) bond motifs is 1. The Kier molecular flexibility index (Phi) is 3.51. The maximum Gasteiger partial charge on any atom is 0.253 e. The summed E-state index contributed by atoms with van der Waals surface area (Å²) in [5.41, 5.74) is 2.80. The minimum Gasteiger partial charge on any atom is -0.485 e. The van der Waals surface area contributed by atoms with Crippen LogP contribution in [-0.2, 0) is 0 Å². The Labute approximate surface area is 139 Å². The Balaban J connectivity index is 1.57. The van der Waals surface area contributed by atoms with Gasteiger partial charge in [0.05, 0.1) is 36.0 Å². The van der Waals surface area contributed by atoms with E-state index in [0.29, 0.717) is 11.6 Å². The van der Waals surface area contributed by atoms with Crippen LogP contribution in [-0.4, -0.2) is 48.7 Å². The van der Waals surface area contributed by atoms with Gasteiger partial charge in [0, 0.05) is 13.0 Å². The van der Waals surface area contributed by atoms with Gasteiger partial charge in [0.2, 0.25) is 0 Å². The molecule has 1 aliphatic heterocycles. The van der Waals surface area contributed by atoms with Gasteiger partial charge in [-0.1, -0.05) is 0 Å². The smallest absolute Gasteiger partial charge is 0.253 e. The van der Waals surface area contributed by atoms with E-state index in [0.717, 1.165) is 42.3 Å². The van der Waals surface area contributed by atoms with Gasteiger partial charge in [-0.3, -0.25) is 0 Å². The molecule has 1 aliphatic rings. The third-order valence-corrected chi connectivity index (χ3v) is 4.28. The first-order valence-electron chi connectivity index (χ1n) is 7.99. The Morgan fingerprint density at radius 1 is 1.12 bits per heavy atom. The maximum absolute atomic E-state index is 6.27. The molecule has 0 bridgehead atoms. The summed E-state index contributed by atoms with van der Waals surface area (Å²) in [5, 5.41) is 4.39. The molecule has 0 saturated carbocycles. The van der Waals surface area contributed by atoms with Gasteiger partial charge in [0.25, 0.3) is 5.78 Å². The van der Waals surface area contributed by atoms with Crippen molar-refractivity contribution in [3.05, 3.63) is 35.9 Å². The summed E-state index contributed by atoms with van der Waals surface area (Å²) in [6, 6.07) is 0. The molecular formula is C16H19N7O. The van der Waals surface area contributed by atoms with Gasteiger partial charge >= 0.3 is 0 Å². The molecule has 1 saturated heterocycles. The minimum atomic E-state index is 0.103. The van der Waals surface area contributed by atoms with Crippen molar-refractivity contribution in [2.75, 3.05) is 18.0 Å². The summed E-state index contributed by atoms with van der Waals surface area (Å²) < 4.78 is 8.02. The number of anilines is 1. The van der Waals surface area contributed by atoms with E-state index in [1.165, 1.54) is 0 Å². The summed E-state index contributed by atoms with van der Waals surface area (Å²) in [7, 11) is 0. The van der Waals surface area contributed by atoms with Crippen molar-refractivity contribution < 1.29 is 4.74 Å². The van der Waals surface area contributed by atoms with Crippen LogP contribution in [0.1, 0.15) is 23.6 Å². The van der Waals surface area contributed by atoms with Crippen LogP contribution >= 0.6 is 0 Å². The van der Waals surface area contributed by atoms with Crippen molar-refractivity contribution in [1.82, 2.24) is 29.5 Å². The predicted octanol–water partition coefficient (Wildman–Crippen LogP) is 1.50. The first-order chi connectivity index (χ1) is 11.6. The van der Waals surface area contributed by atoms with Gasteiger partial charge < -0.3 is 9.64 Å². The molecule has 0 aromatic carbocycles. The van der Waals surface area contributed by atoms with E-state index in [2.05, 4.69) is 29.9 Å². The quantitative estimate of drug-likeness (QED) is 0.721. The number of aromatic nitrogens is 6. The molecule has 0 N–H and O–H groups in total. The fourth-order valence-corrected chi connectivity index (χ4v) is 3.11. The Hall–Kier alpha value is -2.77. The van der Waals surface area contributed by atoms with Gasteiger partial charge in [-0.2, -0.15) is 9.50 Å². The molecule has 0 spiro atoms. The fraction of sp³-hybridized carbons (Fsp3) is 0.438. The molecule has 124 valence electrons. The molecule has 4 heterocycles. The van der Waals surface area contributed by atoms with Crippen LogP contribution < -0.4 is 9.64 Å². The molecule has 1 atom stereocenters. The van der Waals surface area contributed by atoms with E-state index in [4.69, 9.17) is 4.74 Å². The van der Waals surface area contributed by atoms with Crippen molar-refractivity contribution in [3.8, 4) is 5.75 Å². The second-order valence-corrected chi connectivity index (χ2v) is 6.05. The van der Waals surface area contributed by atoms with Gasteiger partial charge in [0.15, 0.2) is 5.75 Å². The van der Waals surface area contributed by atoms with E-state index >= 15 is 0 Å². The molecule has 1 fully saturated rings.